The number of aryl methyl sites for hydroxylation is 1. The Kier molecular flexibility index (Phi) is 6.86. The summed E-state index contributed by atoms with van der Waals surface area (Å²) in [5.74, 6) is 0.157. The van der Waals surface area contributed by atoms with Crippen LogP contribution in [-0.2, 0) is 16.4 Å². The second-order valence-corrected chi connectivity index (χ2v) is 10.6. The maximum Gasteiger partial charge on any atom is 0.262 e. The molecule has 0 saturated heterocycles. The number of benzene rings is 4. The number of hydrogen-bond donors (Lipinski definition) is 1. The third kappa shape index (κ3) is 5.45. The van der Waals surface area contributed by atoms with Gasteiger partial charge in [-0.2, -0.15) is 0 Å². The standard InChI is InChI=1S/C28H22ClFN2O4S/c29-21-10-15-27(36-23-6-2-1-3-7-23)25(18-21)31-37(34,35)24-13-14-26-20(17-24)5-4-16-32(26)28(33)19-8-11-22(30)12-9-19/h1-3,6-15,17-18,31H,4-5,16H2. The number of para-hydroxylation sites is 1. The van der Waals surface area contributed by atoms with E-state index in [0.29, 0.717) is 47.2 Å². The second kappa shape index (κ2) is 10.2. The van der Waals surface area contributed by atoms with Gasteiger partial charge in [0.2, 0.25) is 0 Å². The zero-order valence-electron chi connectivity index (χ0n) is 19.5. The van der Waals surface area contributed by atoms with E-state index in [1.54, 1.807) is 41.3 Å². The fraction of sp³-hybridized carbons (Fsp3) is 0.107. The quantitative estimate of drug-likeness (QED) is 0.299. The number of carbonyl (C=O) groups excluding carboxylic acids is 1. The lowest BCUT2D eigenvalue weighted by molar-refractivity contribution is 0.0985. The van der Waals surface area contributed by atoms with Gasteiger partial charge in [-0.25, -0.2) is 12.8 Å². The molecule has 5 rings (SSSR count). The van der Waals surface area contributed by atoms with Crippen LogP contribution in [0, 0.1) is 5.82 Å². The van der Waals surface area contributed by atoms with Crippen molar-refractivity contribution in [2.45, 2.75) is 17.7 Å². The van der Waals surface area contributed by atoms with E-state index in [9.17, 15) is 17.6 Å². The minimum absolute atomic E-state index is 0.0490. The van der Waals surface area contributed by atoms with E-state index < -0.39 is 15.8 Å². The number of halogens is 2. The zero-order chi connectivity index (χ0) is 26.0. The van der Waals surface area contributed by atoms with Crippen LogP contribution in [0.15, 0.2) is 95.9 Å². The van der Waals surface area contributed by atoms with E-state index >= 15 is 0 Å². The average molecular weight is 537 g/mol. The Hall–Kier alpha value is -3.88. The van der Waals surface area contributed by atoms with Gasteiger partial charge < -0.3 is 9.64 Å². The maximum atomic E-state index is 13.3. The fourth-order valence-electron chi connectivity index (χ4n) is 4.19. The highest BCUT2D eigenvalue weighted by molar-refractivity contribution is 7.92. The highest BCUT2D eigenvalue weighted by Crippen LogP contribution is 2.35. The Morgan fingerprint density at radius 1 is 0.946 bits per heavy atom. The summed E-state index contributed by atoms with van der Waals surface area (Å²) in [5.41, 5.74) is 1.92. The summed E-state index contributed by atoms with van der Waals surface area (Å²) >= 11 is 6.15. The topological polar surface area (TPSA) is 75.7 Å². The summed E-state index contributed by atoms with van der Waals surface area (Å²) in [6.45, 7) is 0.482. The van der Waals surface area contributed by atoms with Crippen molar-refractivity contribution >= 4 is 38.9 Å². The summed E-state index contributed by atoms with van der Waals surface area (Å²) in [6.07, 6.45) is 1.28. The number of ether oxygens (including phenoxy) is 1. The van der Waals surface area contributed by atoms with Gasteiger partial charge in [0.1, 0.15) is 11.6 Å². The van der Waals surface area contributed by atoms with Crippen molar-refractivity contribution in [2.24, 2.45) is 0 Å². The summed E-state index contributed by atoms with van der Waals surface area (Å²) < 4.78 is 48.4. The molecule has 0 bridgehead atoms. The van der Waals surface area contributed by atoms with Crippen molar-refractivity contribution in [3.8, 4) is 11.5 Å². The molecule has 1 N–H and O–H groups in total. The third-order valence-electron chi connectivity index (χ3n) is 5.97. The summed E-state index contributed by atoms with van der Waals surface area (Å²) in [4.78, 5) is 14.7. The minimum Gasteiger partial charge on any atom is -0.455 e. The van der Waals surface area contributed by atoms with Gasteiger partial charge in [0.25, 0.3) is 15.9 Å². The van der Waals surface area contributed by atoms with E-state index in [0.717, 1.165) is 5.56 Å². The zero-order valence-corrected chi connectivity index (χ0v) is 21.1. The predicted molar refractivity (Wildman–Crippen MR) is 142 cm³/mol. The van der Waals surface area contributed by atoms with Crippen LogP contribution in [0.3, 0.4) is 0 Å². The van der Waals surface area contributed by atoms with Crippen LogP contribution in [0.5, 0.6) is 11.5 Å². The normalized spacial score (nSPS) is 13.1. The van der Waals surface area contributed by atoms with Crippen molar-refractivity contribution in [3.05, 3.63) is 113 Å². The molecule has 0 radical (unpaired) electrons. The molecular formula is C28H22ClFN2O4S. The van der Waals surface area contributed by atoms with E-state index in [-0.39, 0.29) is 16.5 Å². The summed E-state index contributed by atoms with van der Waals surface area (Å²) in [6, 6.07) is 23.7. The number of rotatable bonds is 6. The number of amides is 1. The van der Waals surface area contributed by atoms with Gasteiger partial charge in [-0.3, -0.25) is 9.52 Å². The van der Waals surface area contributed by atoms with Crippen LogP contribution in [0.2, 0.25) is 5.02 Å². The maximum absolute atomic E-state index is 13.3. The van der Waals surface area contributed by atoms with Gasteiger partial charge in [0.05, 0.1) is 10.6 Å². The molecule has 0 spiro atoms. The van der Waals surface area contributed by atoms with Gasteiger partial charge in [-0.1, -0.05) is 29.8 Å². The Labute approximate surface area is 219 Å². The van der Waals surface area contributed by atoms with E-state index in [1.807, 2.05) is 18.2 Å². The number of carbonyl (C=O) groups is 1. The van der Waals surface area contributed by atoms with Gasteiger partial charge in [-0.05, 0) is 91.2 Å². The molecule has 9 heteroatoms. The lowest BCUT2D eigenvalue weighted by Gasteiger charge is -2.30. The van der Waals surface area contributed by atoms with Gasteiger partial charge in [0.15, 0.2) is 5.75 Å². The van der Waals surface area contributed by atoms with Crippen molar-refractivity contribution in [1.82, 2.24) is 0 Å². The lowest BCUT2D eigenvalue weighted by atomic mass is 10.0. The molecule has 0 atom stereocenters. The number of nitrogens with one attached hydrogen (secondary N) is 1. The van der Waals surface area contributed by atoms with E-state index in [1.165, 1.54) is 36.4 Å². The molecule has 4 aromatic carbocycles. The average Bonchev–Trinajstić information content (AvgIpc) is 2.90. The molecular weight excluding hydrogens is 515 g/mol. The molecule has 1 amide bonds. The van der Waals surface area contributed by atoms with Crippen molar-refractivity contribution < 1.29 is 22.3 Å². The highest BCUT2D eigenvalue weighted by Gasteiger charge is 2.26. The SMILES string of the molecule is O=C(c1ccc(F)cc1)N1CCCc2cc(S(=O)(=O)Nc3cc(Cl)ccc3Oc3ccccc3)ccc21. The number of fused-ring (bicyclic) bond motifs is 1. The summed E-state index contributed by atoms with van der Waals surface area (Å²) in [7, 11) is -4.01. The van der Waals surface area contributed by atoms with Crippen LogP contribution in [0.25, 0.3) is 0 Å². The molecule has 37 heavy (non-hydrogen) atoms. The van der Waals surface area contributed by atoms with Crippen LogP contribution in [0.4, 0.5) is 15.8 Å². The van der Waals surface area contributed by atoms with Crippen molar-refractivity contribution in [3.63, 3.8) is 0 Å². The molecule has 1 heterocycles. The minimum atomic E-state index is -4.01. The number of sulfonamides is 1. The second-order valence-electron chi connectivity index (χ2n) is 8.52. The molecule has 6 nitrogen and oxygen atoms in total. The van der Waals surface area contributed by atoms with Gasteiger partial charge in [-0.15, -0.1) is 0 Å². The first-order valence-electron chi connectivity index (χ1n) is 11.6. The lowest BCUT2D eigenvalue weighted by Crippen LogP contribution is -2.35. The van der Waals surface area contributed by atoms with E-state index in [2.05, 4.69) is 4.72 Å². The Morgan fingerprint density at radius 2 is 1.70 bits per heavy atom. The molecule has 0 saturated carbocycles. The first kappa shape index (κ1) is 24.8. The first-order chi connectivity index (χ1) is 17.8. The van der Waals surface area contributed by atoms with Crippen LogP contribution >= 0.6 is 11.6 Å². The third-order valence-corrected chi connectivity index (χ3v) is 7.57. The number of anilines is 2. The van der Waals surface area contributed by atoms with Gasteiger partial charge >= 0.3 is 0 Å². The van der Waals surface area contributed by atoms with Crippen LogP contribution in [-0.4, -0.2) is 20.9 Å². The van der Waals surface area contributed by atoms with Crippen molar-refractivity contribution in [2.75, 3.05) is 16.2 Å². The largest absolute Gasteiger partial charge is 0.455 e. The molecule has 1 aliphatic heterocycles. The smallest absolute Gasteiger partial charge is 0.262 e. The van der Waals surface area contributed by atoms with Crippen LogP contribution in [0.1, 0.15) is 22.3 Å². The van der Waals surface area contributed by atoms with Crippen LogP contribution < -0.4 is 14.4 Å². The molecule has 4 aromatic rings. The highest BCUT2D eigenvalue weighted by atomic mass is 35.5. The number of nitrogens with zero attached hydrogens (tertiary/aromatic N) is 1. The molecule has 0 unspecified atom stereocenters. The molecule has 188 valence electrons. The molecule has 0 fully saturated rings. The number of hydrogen-bond acceptors (Lipinski definition) is 4. The summed E-state index contributed by atoms with van der Waals surface area (Å²) in [5, 5.41) is 0.346. The predicted octanol–water partition coefficient (Wildman–Crippen LogP) is 6.67. The Bertz CT molecular complexity index is 1560. The molecule has 0 aliphatic carbocycles. The Balaban J connectivity index is 1.42. The monoisotopic (exact) mass is 536 g/mol. The van der Waals surface area contributed by atoms with Crippen molar-refractivity contribution in [1.29, 1.82) is 0 Å². The van der Waals surface area contributed by atoms with E-state index in [4.69, 9.17) is 16.3 Å². The Morgan fingerprint density at radius 3 is 2.46 bits per heavy atom. The van der Waals surface area contributed by atoms with Gasteiger partial charge in [0, 0.05) is 22.8 Å². The first-order valence-corrected chi connectivity index (χ1v) is 13.4. The molecule has 1 aliphatic rings. The molecule has 0 aromatic heterocycles. The fourth-order valence-corrected chi connectivity index (χ4v) is 5.47.